The van der Waals surface area contributed by atoms with Crippen molar-refractivity contribution in [2.24, 2.45) is 0 Å². The van der Waals surface area contributed by atoms with Crippen LogP contribution in [0.2, 0.25) is 0 Å². The van der Waals surface area contributed by atoms with Gasteiger partial charge in [0.05, 0.1) is 0 Å². The molecule has 0 N–H and O–H groups in total. The van der Waals surface area contributed by atoms with Gasteiger partial charge < -0.3 is 4.90 Å². The molecule has 0 bridgehead atoms. The Morgan fingerprint density at radius 1 is 1.14 bits per heavy atom. The third-order valence-electron chi connectivity index (χ3n) is 4.87. The number of carbonyl (C=O) groups excluding carboxylic acids is 1. The van der Waals surface area contributed by atoms with E-state index in [-0.39, 0.29) is 5.91 Å². The minimum atomic E-state index is 0.0810. The van der Waals surface area contributed by atoms with E-state index >= 15 is 0 Å². The standard InChI is InChI=1S/C24H21N3OS/c1-18-8-11-25-22(16-18)7-2-4-19-9-13-27(14-10-19)24(28)21-6-3-5-20(17-21)23-26-12-15-29-23/h3-6,8,11-12,15-17H,9-10,13-14H2,1H3. The topological polar surface area (TPSA) is 46.1 Å². The van der Waals surface area contributed by atoms with Crippen LogP contribution in [0.15, 0.2) is 65.8 Å². The average Bonchev–Trinajstić information content (AvgIpc) is 3.29. The van der Waals surface area contributed by atoms with Crippen LogP contribution >= 0.6 is 11.3 Å². The molecule has 0 saturated carbocycles. The summed E-state index contributed by atoms with van der Waals surface area (Å²) >= 11 is 1.58. The fraction of sp³-hybridized carbons (Fsp3) is 0.208. The summed E-state index contributed by atoms with van der Waals surface area (Å²) in [6, 6.07) is 11.7. The van der Waals surface area contributed by atoms with E-state index in [1.165, 1.54) is 5.57 Å². The Kier molecular flexibility index (Phi) is 5.83. The minimum Gasteiger partial charge on any atom is -0.338 e. The lowest BCUT2D eigenvalue weighted by Crippen LogP contribution is -2.36. The maximum Gasteiger partial charge on any atom is 0.253 e. The molecule has 3 heterocycles. The number of aryl methyl sites for hydroxylation is 1. The molecule has 0 atom stereocenters. The van der Waals surface area contributed by atoms with Crippen LogP contribution in [0.5, 0.6) is 0 Å². The molecule has 2 aromatic heterocycles. The maximum atomic E-state index is 12.9. The van der Waals surface area contributed by atoms with E-state index in [1.54, 1.807) is 23.7 Å². The van der Waals surface area contributed by atoms with Crippen LogP contribution in [0.4, 0.5) is 0 Å². The zero-order chi connectivity index (χ0) is 20.1. The monoisotopic (exact) mass is 399 g/mol. The smallest absolute Gasteiger partial charge is 0.253 e. The van der Waals surface area contributed by atoms with Gasteiger partial charge in [-0.05, 0) is 61.6 Å². The van der Waals surface area contributed by atoms with Gasteiger partial charge in [0.15, 0.2) is 0 Å². The number of aromatic nitrogens is 2. The number of hydrogen-bond donors (Lipinski definition) is 0. The van der Waals surface area contributed by atoms with Gasteiger partial charge in [0.25, 0.3) is 5.91 Å². The molecule has 5 heteroatoms. The Morgan fingerprint density at radius 2 is 2.00 bits per heavy atom. The highest BCUT2D eigenvalue weighted by molar-refractivity contribution is 7.13. The number of hydrogen-bond acceptors (Lipinski definition) is 4. The van der Waals surface area contributed by atoms with Crippen LogP contribution < -0.4 is 0 Å². The van der Waals surface area contributed by atoms with Gasteiger partial charge in [0.1, 0.15) is 10.7 Å². The average molecular weight is 400 g/mol. The molecule has 1 aliphatic rings. The normalized spacial score (nSPS) is 13.6. The summed E-state index contributed by atoms with van der Waals surface area (Å²) in [6.45, 7) is 3.47. The molecule has 0 aliphatic carbocycles. The van der Waals surface area contributed by atoms with Gasteiger partial charge >= 0.3 is 0 Å². The SMILES string of the molecule is Cc1ccnc(C#CC=C2CCN(C(=O)c3cccc(-c4nccs4)c3)CC2)c1. The predicted octanol–water partition coefficient (Wildman–Crippen LogP) is 4.73. The van der Waals surface area contributed by atoms with Gasteiger partial charge in [0.2, 0.25) is 0 Å². The van der Waals surface area contributed by atoms with Crippen molar-refractivity contribution in [2.45, 2.75) is 19.8 Å². The molecule has 4 nitrogen and oxygen atoms in total. The molecule has 1 fully saturated rings. The van der Waals surface area contributed by atoms with Crippen molar-refractivity contribution in [3.8, 4) is 22.4 Å². The van der Waals surface area contributed by atoms with Gasteiger partial charge in [0, 0.05) is 42.0 Å². The van der Waals surface area contributed by atoms with Crippen molar-refractivity contribution < 1.29 is 4.79 Å². The summed E-state index contributed by atoms with van der Waals surface area (Å²) < 4.78 is 0. The van der Waals surface area contributed by atoms with Crippen molar-refractivity contribution in [1.82, 2.24) is 14.9 Å². The second-order valence-corrected chi connectivity index (χ2v) is 7.90. The van der Waals surface area contributed by atoms with Crippen molar-refractivity contribution in [3.05, 3.63) is 82.6 Å². The molecular formula is C24H21N3OS. The lowest BCUT2D eigenvalue weighted by atomic mass is 10.0. The highest BCUT2D eigenvalue weighted by Gasteiger charge is 2.20. The lowest BCUT2D eigenvalue weighted by molar-refractivity contribution is 0.0743. The van der Waals surface area contributed by atoms with E-state index in [2.05, 4.69) is 21.8 Å². The number of thiazole rings is 1. The van der Waals surface area contributed by atoms with E-state index in [9.17, 15) is 4.79 Å². The second-order valence-electron chi connectivity index (χ2n) is 7.00. The first kappa shape index (κ1) is 19.1. The first-order valence-corrected chi connectivity index (χ1v) is 10.5. The number of likely N-dealkylation sites (tertiary alicyclic amines) is 1. The largest absolute Gasteiger partial charge is 0.338 e. The Morgan fingerprint density at radius 3 is 2.76 bits per heavy atom. The molecular weight excluding hydrogens is 378 g/mol. The van der Waals surface area contributed by atoms with Crippen molar-refractivity contribution >= 4 is 17.2 Å². The molecule has 3 aromatic rings. The highest BCUT2D eigenvalue weighted by Crippen LogP contribution is 2.24. The van der Waals surface area contributed by atoms with Crippen LogP contribution in [0.3, 0.4) is 0 Å². The van der Waals surface area contributed by atoms with Crippen molar-refractivity contribution in [3.63, 3.8) is 0 Å². The summed E-state index contributed by atoms with van der Waals surface area (Å²) in [7, 11) is 0. The molecule has 4 rings (SSSR count). The Balaban J connectivity index is 1.38. The van der Waals surface area contributed by atoms with Crippen LogP contribution in [-0.4, -0.2) is 33.9 Å². The third-order valence-corrected chi connectivity index (χ3v) is 5.70. The van der Waals surface area contributed by atoms with Crippen LogP contribution in [0.1, 0.15) is 34.5 Å². The van der Waals surface area contributed by atoms with Crippen LogP contribution in [0.25, 0.3) is 10.6 Å². The molecule has 144 valence electrons. The zero-order valence-corrected chi connectivity index (χ0v) is 17.1. The van der Waals surface area contributed by atoms with E-state index in [1.807, 2.05) is 59.7 Å². The first-order chi connectivity index (χ1) is 14.2. The number of piperidine rings is 1. The highest BCUT2D eigenvalue weighted by atomic mass is 32.1. The Bertz CT molecular complexity index is 1100. The van der Waals surface area contributed by atoms with E-state index < -0.39 is 0 Å². The Hall–Kier alpha value is -3.23. The molecule has 0 spiro atoms. The third kappa shape index (κ3) is 4.79. The summed E-state index contributed by atoms with van der Waals surface area (Å²) in [6.07, 6.45) is 7.25. The predicted molar refractivity (Wildman–Crippen MR) is 117 cm³/mol. The Labute approximate surface area is 174 Å². The summed E-state index contributed by atoms with van der Waals surface area (Å²) in [5, 5.41) is 2.88. The summed E-state index contributed by atoms with van der Waals surface area (Å²) in [5.74, 6) is 6.28. The van der Waals surface area contributed by atoms with Gasteiger partial charge in [-0.25, -0.2) is 9.97 Å². The number of pyridine rings is 1. The maximum absolute atomic E-state index is 12.9. The van der Waals surface area contributed by atoms with Crippen molar-refractivity contribution in [1.29, 1.82) is 0 Å². The van der Waals surface area contributed by atoms with E-state index in [0.29, 0.717) is 0 Å². The zero-order valence-electron chi connectivity index (χ0n) is 16.3. The number of rotatable bonds is 2. The first-order valence-electron chi connectivity index (χ1n) is 9.60. The lowest BCUT2D eigenvalue weighted by Gasteiger charge is -2.28. The molecule has 29 heavy (non-hydrogen) atoms. The van der Waals surface area contributed by atoms with Crippen LogP contribution in [0, 0.1) is 18.8 Å². The number of allylic oxidation sites excluding steroid dienone is 1. The molecule has 1 aromatic carbocycles. The van der Waals surface area contributed by atoms with Gasteiger partial charge in [-0.15, -0.1) is 11.3 Å². The van der Waals surface area contributed by atoms with Gasteiger partial charge in [-0.1, -0.05) is 23.6 Å². The van der Waals surface area contributed by atoms with E-state index in [4.69, 9.17) is 0 Å². The fourth-order valence-corrected chi connectivity index (χ4v) is 3.93. The minimum absolute atomic E-state index is 0.0810. The molecule has 0 unspecified atom stereocenters. The van der Waals surface area contributed by atoms with E-state index in [0.717, 1.165) is 53.3 Å². The summed E-state index contributed by atoms with van der Waals surface area (Å²) in [4.78, 5) is 23.4. The number of nitrogens with zero attached hydrogens (tertiary/aromatic N) is 3. The quantitative estimate of drug-likeness (QED) is 0.586. The number of benzene rings is 1. The molecule has 1 saturated heterocycles. The van der Waals surface area contributed by atoms with Crippen LogP contribution in [-0.2, 0) is 0 Å². The van der Waals surface area contributed by atoms with Crippen molar-refractivity contribution in [2.75, 3.05) is 13.1 Å². The summed E-state index contributed by atoms with van der Waals surface area (Å²) in [5.41, 5.74) is 4.93. The fourth-order valence-electron chi connectivity index (χ4n) is 3.29. The molecule has 1 aliphatic heterocycles. The molecule has 1 amide bonds. The van der Waals surface area contributed by atoms with Gasteiger partial charge in [-0.3, -0.25) is 4.79 Å². The van der Waals surface area contributed by atoms with Gasteiger partial charge in [-0.2, -0.15) is 0 Å². The molecule has 0 radical (unpaired) electrons. The number of carbonyl (C=O) groups is 1. The second kappa shape index (κ2) is 8.85. The number of amides is 1.